The molecule has 0 fully saturated rings. The van der Waals surface area contributed by atoms with E-state index in [-0.39, 0.29) is 31.4 Å². The van der Waals surface area contributed by atoms with Crippen LogP contribution in [0.5, 0.6) is 0 Å². The Morgan fingerprint density at radius 3 is 2.04 bits per heavy atom. The van der Waals surface area contributed by atoms with Gasteiger partial charge >= 0.3 is 11.9 Å². The summed E-state index contributed by atoms with van der Waals surface area (Å²) in [6.07, 6.45) is 16.8. The van der Waals surface area contributed by atoms with Gasteiger partial charge < -0.3 is 9.47 Å². The van der Waals surface area contributed by atoms with Gasteiger partial charge in [0.25, 0.3) is 0 Å². The number of esters is 2. The van der Waals surface area contributed by atoms with Crippen LogP contribution >= 0.6 is 0 Å². The summed E-state index contributed by atoms with van der Waals surface area (Å²) in [7, 11) is 0. The fraction of sp³-hybridized carbons (Fsp3) is 0.739. The number of rotatable bonds is 16. The molecule has 0 unspecified atom stereocenters. The lowest BCUT2D eigenvalue weighted by atomic mass is 10.1. The second-order valence-electron chi connectivity index (χ2n) is 6.66. The third-order valence-electron chi connectivity index (χ3n) is 4.09. The summed E-state index contributed by atoms with van der Waals surface area (Å²) < 4.78 is 10.0. The molecule has 0 bridgehead atoms. The van der Waals surface area contributed by atoms with Gasteiger partial charge in [0, 0.05) is 19.3 Å². The molecule has 0 aromatic rings. The molecule has 0 atom stereocenters. The van der Waals surface area contributed by atoms with Gasteiger partial charge in [-0.2, -0.15) is 0 Å². The van der Waals surface area contributed by atoms with E-state index in [2.05, 4.69) is 18.8 Å². The Labute approximate surface area is 166 Å². The van der Waals surface area contributed by atoms with Gasteiger partial charge in [0.15, 0.2) is 6.61 Å². The normalized spacial score (nSPS) is 10.4. The van der Waals surface area contributed by atoms with Gasteiger partial charge in [0.1, 0.15) is 6.61 Å². The van der Waals surface area contributed by atoms with E-state index in [1.807, 2.05) is 19.1 Å². The van der Waals surface area contributed by atoms with E-state index in [0.29, 0.717) is 13.0 Å². The molecule has 0 aliphatic carbocycles. The average Bonchev–Trinajstić information content (AvgIpc) is 2.66. The van der Waals surface area contributed by atoms with E-state index < -0.39 is 0 Å². The molecule has 0 rings (SSSR count). The maximum atomic E-state index is 11.6. The lowest BCUT2D eigenvalue weighted by Gasteiger charge is -2.02. The number of unbranched alkanes of at least 4 members (excludes halogenated alkanes) is 8. The number of hydrogen-bond donors (Lipinski definition) is 0. The zero-order chi connectivity index (χ0) is 20.0. The van der Waals surface area contributed by atoms with Crippen molar-refractivity contribution in [1.29, 1.82) is 0 Å². The maximum absolute atomic E-state index is 11.6. The standard InChI is InChI=1S/C23H38O4/c1-3-5-7-8-9-10-11-12-13-14-16-21-27-23(25)19-17-18-22(24)26-20-15-6-4-2/h6,15H,3-5,7-13,17-21H2,1-2H3/b15-6+. The predicted octanol–water partition coefficient (Wildman–Crippen LogP) is 5.74. The van der Waals surface area contributed by atoms with Crippen molar-refractivity contribution < 1.29 is 19.1 Å². The first-order valence-corrected chi connectivity index (χ1v) is 10.6. The monoisotopic (exact) mass is 378 g/mol. The van der Waals surface area contributed by atoms with Gasteiger partial charge in [-0.05, 0) is 19.3 Å². The van der Waals surface area contributed by atoms with Gasteiger partial charge in [-0.3, -0.25) is 9.59 Å². The zero-order valence-corrected chi connectivity index (χ0v) is 17.4. The molecule has 0 heterocycles. The molecule has 0 N–H and O–H groups in total. The van der Waals surface area contributed by atoms with Crippen molar-refractivity contribution >= 4 is 11.9 Å². The Hall–Kier alpha value is -1.76. The summed E-state index contributed by atoms with van der Waals surface area (Å²) in [6, 6.07) is 0. The molecule has 4 nitrogen and oxygen atoms in total. The van der Waals surface area contributed by atoms with E-state index in [9.17, 15) is 9.59 Å². The highest BCUT2D eigenvalue weighted by molar-refractivity contribution is 5.72. The van der Waals surface area contributed by atoms with Crippen LogP contribution < -0.4 is 0 Å². The lowest BCUT2D eigenvalue weighted by molar-refractivity contribution is -0.144. The van der Waals surface area contributed by atoms with Crippen LogP contribution in [-0.4, -0.2) is 25.2 Å². The maximum Gasteiger partial charge on any atom is 0.306 e. The number of carbonyl (C=O) groups is 2. The number of hydrogen-bond acceptors (Lipinski definition) is 4. The molecule has 27 heavy (non-hydrogen) atoms. The Morgan fingerprint density at radius 1 is 0.741 bits per heavy atom. The van der Waals surface area contributed by atoms with Crippen molar-refractivity contribution in [2.24, 2.45) is 0 Å². The third kappa shape index (κ3) is 20.4. The Morgan fingerprint density at radius 2 is 1.37 bits per heavy atom. The van der Waals surface area contributed by atoms with Crippen LogP contribution in [0.25, 0.3) is 0 Å². The first-order valence-electron chi connectivity index (χ1n) is 10.6. The van der Waals surface area contributed by atoms with Crippen LogP contribution in [0.2, 0.25) is 0 Å². The van der Waals surface area contributed by atoms with Crippen LogP contribution in [0.15, 0.2) is 12.2 Å². The number of allylic oxidation sites excluding steroid dienone is 1. The SMILES string of the molecule is CC/C=C/COC(=O)CCCC(=O)OCC#CCCCCCCCCCC. The largest absolute Gasteiger partial charge is 0.461 e. The summed E-state index contributed by atoms with van der Waals surface area (Å²) in [6.45, 7) is 4.69. The minimum atomic E-state index is -0.310. The Balaban J connectivity index is 3.45. The molecule has 0 spiro atoms. The van der Waals surface area contributed by atoms with Crippen molar-refractivity contribution in [3.63, 3.8) is 0 Å². The predicted molar refractivity (Wildman–Crippen MR) is 110 cm³/mol. The van der Waals surface area contributed by atoms with Crippen molar-refractivity contribution in [2.75, 3.05) is 13.2 Å². The van der Waals surface area contributed by atoms with Gasteiger partial charge in [0.2, 0.25) is 0 Å². The highest BCUT2D eigenvalue weighted by atomic mass is 16.5. The molecule has 0 saturated heterocycles. The topological polar surface area (TPSA) is 52.6 Å². The van der Waals surface area contributed by atoms with E-state index in [0.717, 1.165) is 19.3 Å². The first kappa shape index (κ1) is 25.2. The second kappa shape index (κ2) is 20.6. The Bertz CT molecular complexity index is 457. The van der Waals surface area contributed by atoms with E-state index in [1.54, 1.807) is 0 Å². The second-order valence-corrected chi connectivity index (χ2v) is 6.66. The molecular formula is C23H38O4. The van der Waals surface area contributed by atoms with Crippen LogP contribution in [0.3, 0.4) is 0 Å². The summed E-state index contributed by atoms with van der Waals surface area (Å²) in [5.74, 6) is 5.34. The van der Waals surface area contributed by atoms with E-state index in [4.69, 9.17) is 9.47 Å². The first-order chi connectivity index (χ1) is 13.2. The fourth-order valence-electron chi connectivity index (χ4n) is 2.50. The number of ether oxygens (including phenoxy) is 2. The summed E-state index contributed by atoms with van der Waals surface area (Å²) in [4.78, 5) is 23.0. The van der Waals surface area contributed by atoms with Gasteiger partial charge in [-0.25, -0.2) is 0 Å². The smallest absolute Gasteiger partial charge is 0.306 e. The molecule has 0 saturated carbocycles. The minimum absolute atomic E-state index is 0.141. The Kier molecular flexibility index (Phi) is 19.2. The molecule has 4 heteroatoms. The fourth-order valence-corrected chi connectivity index (χ4v) is 2.50. The zero-order valence-electron chi connectivity index (χ0n) is 17.4. The average molecular weight is 379 g/mol. The van der Waals surface area contributed by atoms with Crippen LogP contribution in [-0.2, 0) is 19.1 Å². The summed E-state index contributed by atoms with van der Waals surface area (Å²) >= 11 is 0. The summed E-state index contributed by atoms with van der Waals surface area (Å²) in [5.41, 5.74) is 0. The van der Waals surface area contributed by atoms with Gasteiger partial charge in [-0.15, -0.1) is 0 Å². The molecule has 0 radical (unpaired) electrons. The molecule has 0 aliphatic heterocycles. The van der Waals surface area contributed by atoms with E-state index >= 15 is 0 Å². The molecule has 0 aromatic heterocycles. The van der Waals surface area contributed by atoms with Gasteiger partial charge in [-0.1, -0.05) is 82.8 Å². The minimum Gasteiger partial charge on any atom is -0.461 e. The number of carbonyl (C=O) groups excluding carboxylic acids is 2. The highest BCUT2D eigenvalue weighted by Crippen LogP contribution is 2.09. The molecule has 0 aromatic carbocycles. The van der Waals surface area contributed by atoms with Crippen LogP contribution in [0.1, 0.15) is 97.3 Å². The van der Waals surface area contributed by atoms with Crippen LogP contribution in [0.4, 0.5) is 0 Å². The molecule has 154 valence electrons. The summed E-state index contributed by atoms with van der Waals surface area (Å²) in [5, 5.41) is 0. The molecule has 0 amide bonds. The third-order valence-corrected chi connectivity index (χ3v) is 4.09. The molecule has 0 aliphatic rings. The van der Waals surface area contributed by atoms with E-state index in [1.165, 1.54) is 44.9 Å². The van der Waals surface area contributed by atoms with Crippen molar-refractivity contribution in [1.82, 2.24) is 0 Å². The molecular weight excluding hydrogens is 340 g/mol. The highest BCUT2D eigenvalue weighted by Gasteiger charge is 2.06. The van der Waals surface area contributed by atoms with Crippen molar-refractivity contribution in [3.8, 4) is 11.8 Å². The quantitative estimate of drug-likeness (QED) is 0.149. The van der Waals surface area contributed by atoms with Crippen molar-refractivity contribution in [3.05, 3.63) is 12.2 Å². The van der Waals surface area contributed by atoms with Crippen LogP contribution in [0, 0.1) is 11.8 Å². The van der Waals surface area contributed by atoms with Gasteiger partial charge in [0.05, 0.1) is 0 Å². The van der Waals surface area contributed by atoms with Crippen molar-refractivity contribution in [2.45, 2.75) is 97.3 Å². The lowest BCUT2D eigenvalue weighted by Crippen LogP contribution is -2.08.